The Morgan fingerprint density at radius 1 is 1.47 bits per heavy atom. The second-order valence-corrected chi connectivity index (χ2v) is 6.34. The molecule has 1 atom stereocenters. The molecule has 1 unspecified atom stereocenters. The van der Waals surface area contributed by atoms with Crippen LogP contribution in [0.5, 0.6) is 0 Å². The van der Waals surface area contributed by atoms with Gasteiger partial charge in [-0.3, -0.25) is 0 Å². The van der Waals surface area contributed by atoms with Gasteiger partial charge in [-0.2, -0.15) is 0 Å². The van der Waals surface area contributed by atoms with Crippen molar-refractivity contribution in [1.29, 1.82) is 0 Å². The fourth-order valence-corrected chi connectivity index (χ4v) is 3.08. The Labute approximate surface area is 112 Å². The molecule has 2 aromatic heterocycles. The van der Waals surface area contributed by atoms with Gasteiger partial charge in [-0.1, -0.05) is 11.8 Å². The summed E-state index contributed by atoms with van der Waals surface area (Å²) in [5.74, 6) is 2.04. The Bertz CT molecular complexity index is 512. The van der Waals surface area contributed by atoms with Crippen molar-refractivity contribution in [2.45, 2.75) is 16.0 Å². The molecule has 0 aliphatic heterocycles. The van der Waals surface area contributed by atoms with E-state index >= 15 is 0 Å². The van der Waals surface area contributed by atoms with E-state index in [-0.39, 0.29) is 0 Å². The van der Waals surface area contributed by atoms with Crippen LogP contribution in [-0.4, -0.2) is 20.3 Å². The summed E-state index contributed by atoms with van der Waals surface area (Å²) in [6, 6.07) is 3.54. The Kier molecular flexibility index (Phi) is 2.84. The topological polar surface area (TPSA) is 52.1 Å². The zero-order chi connectivity index (χ0) is 11.9. The van der Waals surface area contributed by atoms with Gasteiger partial charge in [0.15, 0.2) is 5.76 Å². The molecule has 3 rings (SSSR count). The summed E-state index contributed by atoms with van der Waals surface area (Å²) >= 11 is 13.3. The van der Waals surface area contributed by atoms with E-state index in [2.05, 4.69) is 10.2 Å². The number of rotatable bonds is 4. The first-order chi connectivity index (χ1) is 8.15. The minimum absolute atomic E-state index is 0.301. The van der Waals surface area contributed by atoms with E-state index in [1.54, 1.807) is 18.4 Å². The van der Waals surface area contributed by atoms with Gasteiger partial charge < -0.3 is 8.83 Å². The second kappa shape index (κ2) is 4.23. The lowest BCUT2D eigenvalue weighted by atomic mass is 10.5. The predicted octanol–water partition coefficient (Wildman–Crippen LogP) is 3.62. The van der Waals surface area contributed by atoms with Gasteiger partial charge >= 0.3 is 0 Å². The van der Waals surface area contributed by atoms with Gasteiger partial charge in [-0.15, -0.1) is 33.4 Å². The van der Waals surface area contributed by atoms with Crippen molar-refractivity contribution < 1.29 is 8.83 Å². The van der Waals surface area contributed by atoms with Gasteiger partial charge in [0.25, 0.3) is 11.1 Å². The standard InChI is InChI=1S/C10H8Cl2N2O2S/c11-10(12)4-6(10)5-17-9-14-13-8(16-9)7-2-1-3-15-7/h1-3,6H,4-5H2. The lowest BCUT2D eigenvalue weighted by Gasteiger charge is -1.95. The normalized spacial score (nSPS) is 21.6. The molecule has 1 fully saturated rings. The number of hydrogen-bond acceptors (Lipinski definition) is 5. The highest BCUT2D eigenvalue weighted by Gasteiger charge is 2.51. The highest BCUT2D eigenvalue weighted by Crippen LogP contribution is 2.54. The summed E-state index contributed by atoms with van der Waals surface area (Å²) in [5, 5.41) is 8.32. The first kappa shape index (κ1) is 11.4. The molecule has 17 heavy (non-hydrogen) atoms. The molecule has 90 valence electrons. The van der Waals surface area contributed by atoms with Crippen LogP contribution in [0.25, 0.3) is 11.7 Å². The zero-order valence-corrected chi connectivity index (χ0v) is 10.9. The van der Waals surface area contributed by atoms with E-state index in [9.17, 15) is 0 Å². The summed E-state index contributed by atoms with van der Waals surface area (Å²) in [4.78, 5) is 0. The van der Waals surface area contributed by atoms with Crippen LogP contribution in [0.3, 0.4) is 0 Å². The molecule has 0 radical (unpaired) electrons. The quantitative estimate of drug-likeness (QED) is 0.636. The minimum Gasteiger partial charge on any atom is -0.459 e. The molecule has 0 saturated heterocycles. The van der Waals surface area contributed by atoms with Gasteiger partial charge in [0.05, 0.1) is 6.26 Å². The average molecular weight is 291 g/mol. The molecule has 0 amide bonds. The largest absolute Gasteiger partial charge is 0.459 e. The van der Waals surface area contributed by atoms with Crippen LogP contribution in [0.2, 0.25) is 0 Å². The van der Waals surface area contributed by atoms with E-state index in [0.29, 0.717) is 22.8 Å². The van der Waals surface area contributed by atoms with Crippen molar-refractivity contribution in [3.63, 3.8) is 0 Å². The fourth-order valence-electron chi connectivity index (χ4n) is 1.39. The van der Waals surface area contributed by atoms with Gasteiger partial charge in [-0.25, -0.2) is 0 Å². The number of hydrogen-bond donors (Lipinski definition) is 0. The second-order valence-electron chi connectivity index (χ2n) is 3.82. The molecular weight excluding hydrogens is 283 g/mol. The maximum absolute atomic E-state index is 5.93. The van der Waals surface area contributed by atoms with Crippen molar-refractivity contribution in [3.8, 4) is 11.7 Å². The monoisotopic (exact) mass is 290 g/mol. The van der Waals surface area contributed by atoms with Crippen LogP contribution in [0.15, 0.2) is 32.5 Å². The van der Waals surface area contributed by atoms with Crippen LogP contribution in [0, 0.1) is 5.92 Å². The van der Waals surface area contributed by atoms with Gasteiger partial charge in [0.1, 0.15) is 4.33 Å². The lowest BCUT2D eigenvalue weighted by molar-refractivity contribution is 0.447. The Balaban J connectivity index is 1.62. The van der Waals surface area contributed by atoms with Crippen LogP contribution in [0.1, 0.15) is 6.42 Å². The third-order valence-electron chi connectivity index (χ3n) is 2.50. The van der Waals surface area contributed by atoms with Crippen molar-refractivity contribution in [2.24, 2.45) is 5.92 Å². The summed E-state index contributed by atoms with van der Waals surface area (Å²) in [6.45, 7) is 0. The van der Waals surface area contributed by atoms with E-state index in [4.69, 9.17) is 32.0 Å². The number of alkyl halides is 2. The Hall–Kier alpha value is -0.650. The third kappa shape index (κ3) is 2.46. The zero-order valence-electron chi connectivity index (χ0n) is 8.60. The first-order valence-electron chi connectivity index (χ1n) is 5.03. The highest BCUT2D eigenvalue weighted by molar-refractivity contribution is 7.99. The molecule has 1 aliphatic rings. The van der Waals surface area contributed by atoms with Crippen LogP contribution in [-0.2, 0) is 0 Å². The smallest absolute Gasteiger partial charge is 0.284 e. The van der Waals surface area contributed by atoms with Crippen molar-refractivity contribution >= 4 is 35.0 Å². The molecule has 1 aliphatic carbocycles. The van der Waals surface area contributed by atoms with Gasteiger partial charge in [0, 0.05) is 11.7 Å². The first-order valence-corrected chi connectivity index (χ1v) is 6.77. The summed E-state index contributed by atoms with van der Waals surface area (Å²) < 4.78 is 10.0. The molecular formula is C10H8Cl2N2O2S. The number of furan rings is 1. The van der Waals surface area contributed by atoms with Crippen molar-refractivity contribution in [2.75, 3.05) is 5.75 Å². The molecule has 4 nitrogen and oxygen atoms in total. The molecule has 7 heteroatoms. The predicted molar refractivity (Wildman–Crippen MR) is 65.3 cm³/mol. The molecule has 0 bridgehead atoms. The number of aromatic nitrogens is 2. The highest BCUT2D eigenvalue weighted by atomic mass is 35.5. The fraction of sp³-hybridized carbons (Fsp3) is 0.400. The van der Waals surface area contributed by atoms with Crippen molar-refractivity contribution in [1.82, 2.24) is 10.2 Å². The van der Waals surface area contributed by atoms with Crippen LogP contribution in [0.4, 0.5) is 0 Å². The maximum Gasteiger partial charge on any atom is 0.284 e. The van der Waals surface area contributed by atoms with Gasteiger partial charge in [-0.05, 0) is 18.6 Å². The van der Waals surface area contributed by atoms with E-state index in [0.717, 1.165) is 12.2 Å². The summed E-state index contributed by atoms with van der Waals surface area (Å²) in [7, 11) is 0. The molecule has 2 heterocycles. The average Bonchev–Trinajstić information content (AvgIpc) is 2.81. The summed E-state index contributed by atoms with van der Waals surface area (Å²) in [6.07, 6.45) is 2.38. The third-order valence-corrected chi connectivity index (χ3v) is 4.41. The van der Waals surface area contributed by atoms with E-state index in [1.165, 1.54) is 11.8 Å². The lowest BCUT2D eigenvalue weighted by Crippen LogP contribution is -1.92. The minimum atomic E-state index is -0.559. The van der Waals surface area contributed by atoms with Crippen LogP contribution < -0.4 is 0 Å². The molecule has 0 aromatic carbocycles. The maximum atomic E-state index is 5.93. The Morgan fingerprint density at radius 2 is 2.29 bits per heavy atom. The molecule has 1 saturated carbocycles. The SMILES string of the molecule is ClC1(Cl)CC1CSc1nnc(-c2ccco2)o1. The number of halogens is 2. The van der Waals surface area contributed by atoms with E-state index < -0.39 is 4.33 Å². The number of nitrogens with zero attached hydrogens (tertiary/aromatic N) is 2. The number of thioether (sulfide) groups is 1. The molecule has 0 spiro atoms. The Morgan fingerprint density at radius 3 is 2.94 bits per heavy atom. The van der Waals surface area contributed by atoms with Crippen molar-refractivity contribution in [3.05, 3.63) is 18.4 Å². The van der Waals surface area contributed by atoms with E-state index in [1.807, 2.05) is 0 Å². The van der Waals surface area contributed by atoms with Crippen LogP contribution >= 0.6 is 35.0 Å². The molecule has 0 N–H and O–H groups in total. The molecule has 2 aromatic rings. The summed E-state index contributed by atoms with van der Waals surface area (Å²) in [5.41, 5.74) is 0. The van der Waals surface area contributed by atoms with Gasteiger partial charge in [0.2, 0.25) is 0 Å².